The number of nitrogens with one attached hydrogen (secondary N) is 1. The smallest absolute Gasteiger partial charge is 0.323 e. The van der Waals surface area contributed by atoms with Crippen molar-refractivity contribution in [2.24, 2.45) is 16.8 Å². The fourth-order valence-corrected chi connectivity index (χ4v) is 6.80. The van der Waals surface area contributed by atoms with Gasteiger partial charge in [-0.3, -0.25) is 10.1 Å². The molecule has 9 heteroatoms. The monoisotopic (exact) mass is 477 g/mol. The van der Waals surface area contributed by atoms with Crippen molar-refractivity contribution >= 4 is 41.0 Å². The molecule has 1 aromatic rings. The maximum atomic E-state index is 13.8. The van der Waals surface area contributed by atoms with Gasteiger partial charge in [0.25, 0.3) is 0 Å². The van der Waals surface area contributed by atoms with Gasteiger partial charge in [-0.25, -0.2) is 14.2 Å². The van der Waals surface area contributed by atoms with Crippen molar-refractivity contribution in [1.82, 2.24) is 10.2 Å². The van der Waals surface area contributed by atoms with Crippen molar-refractivity contribution in [2.75, 3.05) is 6.54 Å². The van der Waals surface area contributed by atoms with Crippen LogP contribution in [0, 0.1) is 17.7 Å². The number of carbonyl (C=O) groups excluding carboxylic acids is 2. The molecule has 1 spiro atoms. The number of aliphatic imine (C=N–C) groups is 1. The Hall–Kier alpha value is -1.90. The van der Waals surface area contributed by atoms with E-state index in [2.05, 4.69) is 17.2 Å². The Balaban J connectivity index is 1.30. The number of aliphatic hydroxyl groups is 1. The van der Waals surface area contributed by atoms with Crippen LogP contribution in [-0.2, 0) is 11.2 Å². The number of amidine groups is 1. The minimum atomic E-state index is -0.997. The zero-order valence-electron chi connectivity index (χ0n) is 17.7. The van der Waals surface area contributed by atoms with E-state index in [1.165, 1.54) is 23.9 Å². The Kier molecular flexibility index (Phi) is 5.58. The van der Waals surface area contributed by atoms with Crippen molar-refractivity contribution in [2.45, 2.75) is 55.9 Å². The average molecular weight is 478 g/mol. The lowest BCUT2D eigenvalue weighted by molar-refractivity contribution is -0.113. The standard InChI is InChI=1S/C23H25ClFN3O3S/c1-12-2-4-16(5-3-12)28(7-6-13-8-14(24)10-15(25)9-13)22(31)27-21-18-17(11-26-21)32-23(18)19(29)20(23)30/h8-12,16,18-19,29H,2-7H2,1H3,(H,26,27,31)/t12-,16-,18?,19?,23?. The molecule has 6 nitrogen and oxygen atoms in total. The predicted molar refractivity (Wildman–Crippen MR) is 122 cm³/mol. The summed E-state index contributed by atoms with van der Waals surface area (Å²) in [6.07, 6.45) is 5.07. The van der Waals surface area contributed by atoms with Gasteiger partial charge in [0.05, 0.1) is 5.92 Å². The summed E-state index contributed by atoms with van der Waals surface area (Å²) in [5.74, 6) is 0.119. The van der Waals surface area contributed by atoms with E-state index in [1.807, 2.05) is 4.90 Å². The molecule has 1 saturated heterocycles. The molecule has 170 valence electrons. The molecule has 2 aliphatic heterocycles. The molecule has 3 atom stereocenters. The summed E-state index contributed by atoms with van der Waals surface area (Å²) in [5.41, 5.74) is 0.736. The average Bonchev–Trinajstić information content (AvgIpc) is 3.10. The number of fused-ring (bicyclic) bond motifs is 2. The van der Waals surface area contributed by atoms with Gasteiger partial charge in [0.2, 0.25) is 0 Å². The van der Waals surface area contributed by atoms with E-state index in [0.717, 1.165) is 36.2 Å². The van der Waals surface area contributed by atoms with Gasteiger partial charge in [0.1, 0.15) is 22.5 Å². The number of benzene rings is 1. The van der Waals surface area contributed by atoms with Crippen LogP contribution < -0.4 is 5.32 Å². The zero-order chi connectivity index (χ0) is 22.6. The van der Waals surface area contributed by atoms with E-state index in [9.17, 15) is 19.1 Å². The van der Waals surface area contributed by atoms with Crippen molar-refractivity contribution in [3.63, 3.8) is 0 Å². The second-order valence-electron chi connectivity index (χ2n) is 9.21. The minimum absolute atomic E-state index is 0.0857. The summed E-state index contributed by atoms with van der Waals surface area (Å²) in [7, 11) is 0. The topological polar surface area (TPSA) is 82.0 Å². The lowest BCUT2D eigenvalue weighted by atomic mass is 9.86. The van der Waals surface area contributed by atoms with Gasteiger partial charge in [0, 0.05) is 28.7 Å². The van der Waals surface area contributed by atoms with E-state index in [4.69, 9.17) is 11.6 Å². The van der Waals surface area contributed by atoms with Crippen molar-refractivity contribution in [3.8, 4) is 0 Å². The third-order valence-corrected chi connectivity index (χ3v) is 8.84. The Morgan fingerprint density at radius 1 is 1.34 bits per heavy atom. The highest BCUT2D eigenvalue weighted by atomic mass is 35.5. The molecular weight excluding hydrogens is 453 g/mol. The third-order valence-electron chi connectivity index (χ3n) is 7.05. The number of aliphatic hydroxyl groups excluding tert-OH is 1. The zero-order valence-corrected chi connectivity index (χ0v) is 19.3. The van der Waals surface area contributed by atoms with E-state index >= 15 is 0 Å². The van der Waals surface area contributed by atoms with Crippen LogP contribution in [-0.4, -0.2) is 51.1 Å². The van der Waals surface area contributed by atoms with Crippen LogP contribution in [0.3, 0.4) is 0 Å². The number of Topliss-reactive ketones (excluding diaryl/α,β-unsaturated/α-hetero) is 1. The normalized spacial score (nSPS) is 32.7. The molecule has 2 aliphatic carbocycles. The van der Waals surface area contributed by atoms with Crippen LogP contribution in [0.15, 0.2) is 34.3 Å². The van der Waals surface area contributed by atoms with Crippen LogP contribution in [0.5, 0.6) is 0 Å². The SMILES string of the molecule is C[C@H]1CC[C@H](N(CCc2cc(F)cc(Cl)c2)C(=O)NC2=NC=C3SC4(C(=O)C4O)C32)CC1. The predicted octanol–water partition coefficient (Wildman–Crippen LogP) is 3.91. The van der Waals surface area contributed by atoms with Crippen LogP contribution >= 0.6 is 23.4 Å². The molecule has 3 unspecified atom stereocenters. The van der Waals surface area contributed by atoms with Gasteiger partial charge < -0.3 is 10.0 Å². The number of amides is 2. The first-order valence-electron chi connectivity index (χ1n) is 11.0. The molecule has 3 fully saturated rings. The fraction of sp³-hybridized carbons (Fsp3) is 0.522. The van der Waals surface area contributed by atoms with Gasteiger partial charge in [-0.1, -0.05) is 18.5 Å². The summed E-state index contributed by atoms with van der Waals surface area (Å²) >= 11 is 7.33. The molecule has 2 N–H and O–H groups in total. The summed E-state index contributed by atoms with van der Waals surface area (Å²) in [5, 5.41) is 13.2. The number of hydrogen-bond donors (Lipinski definition) is 2. The van der Waals surface area contributed by atoms with Gasteiger partial charge in [-0.05, 0) is 61.8 Å². The Morgan fingerprint density at radius 2 is 2.06 bits per heavy atom. The maximum absolute atomic E-state index is 13.8. The highest BCUT2D eigenvalue weighted by molar-refractivity contribution is 8.07. The Bertz CT molecular complexity index is 1020. The first-order valence-corrected chi connectivity index (χ1v) is 12.2. The second-order valence-corrected chi connectivity index (χ2v) is 11.0. The molecule has 1 aromatic carbocycles. The van der Waals surface area contributed by atoms with Crippen molar-refractivity contribution in [1.29, 1.82) is 0 Å². The summed E-state index contributed by atoms with van der Waals surface area (Å²) in [4.78, 5) is 32.4. The van der Waals surface area contributed by atoms with Crippen LogP contribution in [0.1, 0.15) is 38.2 Å². The highest BCUT2D eigenvalue weighted by Crippen LogP contribution is 2.67. The van der Waals surface area contributed by atoms with Crippen LogP contribution in [0.4, 0.5) is 9.18 Å². The van der Waals surface area contributed by atoms with Crippen LogP contribution in [0.2, 0.25) is 5.02 Å². The molecule has 2 heterocycles. The lowest BCUT2D eigenvalue weighted by Crippen LogP contribution is -2.53. The first-order chi connectivity index (χ1) is 15.3. The lowest BCUT2D eigenvalue weighted by Gasteiger charge is -2.38. The molecule has 5 rings (SSSR count). The van der Waals surface area contributed by atoms with Crippen LogP contribution in [0.25, 0.3) is 0 Å². The van der Waals surface area contributed by atoms with Crippen molar-refractivity contribution in [3.05, 3.63) is 45.7 Å². The van der Waals surface area contributed by atoms with Crippen molar-refractivity contribution < 1.29 is 19.1 Å². The second kappa shape index (κ2) is 8.15. The molecular formula is C23H25ClFN3O3S. The summed E-state index contributed by atoms with van der Waals surface area (Å²) in [6.45, 7) is 2.64. The van der Waals surface area contributed by atoms with Gasteiger partial charge in [-0.2, -0.15) is 0 Å². The number of nitrogens with zero attached hydrogens (tertiary/aromatic N) is 2. The molecule has 2 saturated carbocycles. The quantitative estimate of drug-likeness (QED) is 0.688. The number of urea groups is 1. The van der Waals surface area contributed by atoms with E-state index in [0.29, 0.717) is 29.7 Å². The van der Waals surface area contributed by atoms with Gasteiger partial charge in [0.15, 0.2) is 5.78 Å². The summed E-state index contributed by atoms with van der Waals surface area (Å²) < 4.78 is 12.9. The molecule has 0 aromatic heterocycles. The molecule has 0 radical (unpaired) electrons. The largest absolute Gasteiger partial charge is 0.383 e. The molecule has 32 heavy (non-hydrogen) atoms. The third kappa shape index (κ3) is 3.66. The summed E-state index contributed by atoms with van der Waals surface area (Å²) in [6, 6.07) is 4.24. The van der Waals surface area contributed by atoms with Gasteiger partial charge >= 0.3 is 6.03 Å². The van der Waals surface area contributed by atoms with E-state index in [-0.39, 0.29) is 23.8 Å². The van der Waals surface area contributed by atoms with E-state index in [1.54, 1.807) is 12.3 Å². The van der Waals surface area contributed by atoms with E-state index < -0.39 is 16.7 Å². The number of ketones is 1. The number of carbonyl (C=O) groups is 2. The maximum Gasteiger partial charge on any atom is 0.323 e. The fourth-order valence-electron chi connectivity index (χ4n) is 5.10. The molecule has 4 aliphatic rings. The number of thioether (sulfide) groups is 1. The molecule has 0 bridgehead atoms. The minimum Gasteiger partial charge on any atom is -0.383 e. The Labute approximate surface area is 195 Å². The molecule has 2 amide bonds. The van der Waals surface area contributed by atoms with Gasteiger partial charge in [-0.15, -0.1) is 11.8 Å². The Morgan fingerprint density at radius 3 is 2.72 bits per heavy atom. The number of halogens is 2. The number of rotatable bonds is 4. The first kappa shape index (κ1) is 21.9. The number of hydrogen-bond acceptors (Lipinski definition) is 5. The highest BCUT2D eigenvalue weighted by Gasteiger charge is 2.78.